The molecule has 1 aliphatic rings. The van der Waals surface area contributed by atoms with Gasteiger partial charge in [0.05, 0.1) is 17.9 Å². The number of hydrogen-bond acceptors (Lipinski definition) is 5. The van der Waals surface area contributed by atoms with Crippen LogP contribution in [0, 0.1) is 5.92 Å². The van der Waals surface area contributed by atoms with Crippen LogP contribution in [-0.2, 0) is 15.3 Å². The van der Waals surface area contributed by atoms with Crippen LogP contribution >= 0.6 is 23.5 Å². The molecular formula is C19H22N2O3S2. The Morgan fingerprint density at radius 3 is 2.81 bits per heavy atom. The molecule has 1 aromatic heterocycles. The first-order valence-electron chi connectivity index (χ1n) is 8.49. The molecular weight excluding hydrogens is 368 g/mol. The lowest BCUT2D eigenvalue weighted by Gasteiger charge is -2.17. The Hall–Kier alpha value is -1.86. The molecule has 1 aromatic carbocycles. The largest absolute Gasteiger partial charge is 0.468 e. The smallest absolute Gasteiger partial charge is 0.227 e. The van der Waals surface area contributed by atoms with E-state index in [9.17, 15) is 9.59 Å². The Balaban J connectivity index is 1.42. The molecule has 0 aliphatic carbocycles. The number of nitrogens with zero attached hydrogens (tertiary/aromatic N) is 1. The van der Waals surface area contributed by atoms with E-state index in [1.807, 2.05) is 42.7 Å². The van der Waals surface area contributed by atoms with E-state index < -0.39 is 0 Å². The number of hydrogen-bond donors (Lipinski definition) is 1. The van der Waals surface area contributed by atoms with Gasteiger partial charge in [-0.2, -0.15) is 11.8 Å². The van der Waals surface area contributed by atoms with E-state index in [-0.39, 0.29) is 24.2 Å². The van der Waals surface area contributed by atoms with Crippen LogP contribution in [0.5, 0.6) is 0 Å². The highest BCUT2D eigenvalue weighted by Crippen LogP contribution is 2.27. The molecule has 2 amide bonds. The maximum Gasteiger partial charge on any atom is 0.227 e. The Labute approximate surface area is 161 Å². The zero-order valence-corrected chi connectivity index (χ0v) is 16.3. The summed E-state index contributed by atoms with van der Waals surface area (Å²) in [5.41, 5.74) is 0.858. The standard InChI is InChI=1S/C19H22N2O3S2/c1-25-17-6-4-15(5-7-17)21-12-14(11-18(21)22)19(23)20-8-10-26-13-16-3-2-9-24-16/h2-7,9,14H,8,10-13H2,1H3,(H,20,23)/t14-/m0/s1. The van der Waals surface area contributed by atoms with E-state index in [0.29, 0.717) is 13.1 Å². The van der Waals surface area contributed by atoms with Crippen molar-refractivity contribution >= 4 is 41.0 Å². The molecule has 0 spiro atoms. The molecule has 3 rings (SSSR count). The van der Waals surface area contributed by atoms with Gasteiger partial charge in [-0.3, -0.25) is 9.59 Å². The first-order chi connectivity index (χ1) is 12.7. The van der Waals surface area contributed by atoms with Gasteiger partial charge in [0.1, 0.15) is 5.76 Å². The summed E-state index contributed by atoms with van der Waals surface area (Å²) in [4.78, 5) is 27.5. The number of rotatable bonds is 8. The van der Waals surface area contributed by atoms with E-state index in [2.05, 4.69) is 5.32 Å². The number of nitrogens with one attached hydrogen (secondary N) is 1. The lowest BCUT2D eigenvalue weighted by atomic mass is 10.1. The van der Waals surface area contributed by atoms with E-state index >= 15 is 0 Å². The third kappa shape index (κ3) is 4.86. The minimum atomic E-state index is -0.280. The average Bonchev–Trinajstić information content (AvgIpc) is 3.31. The number of anilines is 1. The van der Waals surface area contributed by atoms with Crippen LogP contribution in [0.3, 0.4) is 0 Å². The summed E-state index contributed by atoms with van der Waals surface area (Å²) in [7, 11) is 0. The third-order valence-electron chi connectivity index (χ3n) is 4.25. The summed E-state index contributed by atoms with van der Waals surface area (Å²) in [6.07, 6.45) is 3.95. The van der Waals surface area contributed by atoms with Gasteiger partial charge in [-0.1, -0.05) is 0 Å². The molecule has 26 heavy (non-hydrogen) atoms. The fourth-order valence-corrected chi connectivity index (χ4v) is 4.02. The van der Waals surface area contributed by atoms with Crippen molar-refractivity contribution in [3.05, 3.63) is 48.4 Å². The maximum atomic E-state index is 12.3. The monoisotopic (exact) mass is 390 g/mol. The van der Waals surface area contributed by atoms with Gasteiger partial charge < -0.3 is 14.6 Å². The third-order valence-corrected chi connectivity index (χ3v) is 5.97. The second-order valence-electron chi connectivity index (χ2n) is 6.03. The zero-order chi connectivity index (χ0) is 18.4. The van der Waals surface area contributed by atoms with Gasteiger partial charge in [0, 0.05) is 35.8 Å². The molecule has 0 radical (unpaired) electrons. The molecule has 7 heteroatoms. The highest BCUT2D eigenvalue weighted by molar-refractivity contribution is 7.98. The molecule has 1 aliphatic heterocycles. The molecule has 138 valence electrons. The van der Waals surface area contributed by atoms with Gasteiger partial charge in [0.2, 0.25) is 11.8 Å². The van der Waals surface area contributed by atoms with Crippen molar-refractivity contribution in [2.24, 2.45) is 5.92 Å². The van der Waals surface area contributed by atoms with Gasteiger partial charge in [-0.25, -0.2) is 0 Å². The van der Waals surface area contributed by atoms with E-state index in [1.165, 1.54) is 0 Å². The second-order valence-corrected chi connectivity index (χ2v) is 8.01. The summed E-state index contributed by atoms with van der Waals surface area (Å²) in [6.45, 7) is 1.04. The lowest BCUT2D eigenvalue weighted by Crippen LogP contribution is -2.34. The molecule has 0 bridgehead atoms. The Morgan fingerprint density at radius 1 is 1.31 bits per heavy atom. The molecule has 5 nitrogen and oxygen atoms in total. The minimum absolute atomic E-state index is 0.00856. The number of benzene rings is 1. The van der Waals surface area contributed by atoms with E-state index in [0.717, 1.165) is 27.8 Å². The van der Waals surface area contributed by atoms with Crippen LogP contribution in [0.2, 0.25) is 0 Å². The fraction of sp³-hybridized carbons (Fsp3) is 0.368. The number of carbonyl (C=O) groups excluding carboxylic acids is 2. The Morgan fingerprint density at radius 2 is 2.12 bits per heavy atom. The Kier molecular flexibility index (Phi) is 6.68. The minimum Gasteiger partial charge on any atom is -0.468 e. The predicted octanol–water partition coefficient (Wildman–Crippen LogP) is 3.40. The van der Waals surface area contributed by atoms with Crippen molar-refractivity contribution < 1.29 is 14.0 Å². The van der Waals surface area contributed by atoms with Crippen LogP contribution in [-0.4, -0.2) is 36.9 Å². The van der Waals surface area contributed by atoms with Crippen molar-refractivity contribution in [1.29, 1.82) is 0 Å². The van der Waals surface area contributed by atoms with Gasteiger partial charge in [0.25, 0.3) is 0 Å². The normalized spacial score (nSPS) is 16.9. The molecule has 0 saturated carbocycles. The molecule has 1 atom stereocenters. The SMILES string of the molecule is CSc1ccc(N2C[C@@H](C(=O)NCCSCc3ccco3)CC2=O)cc1. The highest BCUT2D eigenvalue weighted by Gasteiger charge is 2.34. The van der Waals surface area contributed by atoms with Gasteiger partial charge >= 0.3 is 0 Å². The summed E-state index contributed by atoms with van der Waals surface area (Å²) in [6, 6.07) is 11.7. The summed E-state index contributed by atoms with van der Waals surface area (Å²) in [5.74, 6) is 2.23. The van der Waals surface area contributed by atoms with Crippen LogP contribution in [0.4, 0.5) is 5.69 Å². The molecule has 1 N–H and O–H groups in total. The summed E-state index contributed by atoms with van der Waals surface area (Å²) >= 11 is 3.37. The van der Waals surface area contributed by atoms with Crippen LogP contribution in [0.1, 0.15) is 12.2 Å². The number of furan rings is 1. The van der Waals surface area contributed by atoms with Crippen molar-refractivity contribution in [2.75, 3.05) is 30.0 Å². The van der Waals surface area contributed by atoms with E-state index in [4.69, 9.17) is 4.42 Å². The quantitative estimate of drug-likeness (QED) is 0.553. The maximum absolute atomic E-state index is 12.3. The molecule has 1 fully saturated rings. The zero-order valence-electron chi connectivity index (χ0n) is 14.6. The summed E-state index contributed by atoms with van der Waals surface area (Å²) in [5, 5.41) is 2.94. The van der Waals surface area contributed by atoms with Crippen molar-refractivity contribution in [3.63, 3.8) is 0 Å². The van der Waals surface area contributed by atoms with Crippen LogP contribution in [0.25, 0.3) is 0 Å². The summed E-state index contributed by atoms with van der Waals surface area (Å²) < 4.78 is 5.27. The van der Waals surface area contributed by atoms with Crippen molar-refractivity contribution in [2.45, 2.75) is 17.1 Å². The van der Waals surface area contributed by atoms with Crippen molar-refractivity contribution in [3.8, 4) is 0 Å². The van der Waals surface area contributed by atoms with Gasteiger partial charge in [0.15, 0.2) is 0 Å². The second kappa shape index (κ2) is 9.19. The number of thioether (sulfide) groups is 2. The first-order valence-corrected chi connectivity index (χ1v) is 10.9. The highest BCUT2D eigenvalue weighted by atomic mass is 32.2. The number of amides is 2. The first kappa shape index (κ1) is 18.9. The average molecular weight is 391 g/mol. The molecule has 0 unspecified atom stereocenters. The van der Waals surface area contributed by atoms with Gasteiger partial charge in [-0.15, -0.1) is 11.8 Å². The predicted molar refractivity (Wildman–Crippen MR) is 107 cm³/mol. The van der Waals surface area contributed by atoms with Crippen LogP contribution in [0.15, 0.2) is 52.0 Å². The lowest BCUT2D eigenvalue weighted by molar-refractivity contribution is -0.126. The number of carbonyl (C=O) groups is 2. The molecule has 1 saturated heterocycles. The van der Waals surface area contributed by atoms with Crippen LogP contribution < -0.4 is 10.2 Å². The van der Waals surface area contributed by atoms with Gasteiger partial charge in [-0.05, 0) is 42.7 Å². The van der Waals surface area contributed by atoms with Crippen molar-refractivity contribution in [1.82, 2.24) is 5.32 Å². The van der Waals surface area contributed by atoms with E-state index in [1.54, 1.807) is 34.7 Å². The molecule has 2 heterocycles. The fourth-order valence-electron chi connectivity index (χ4n) is 2.85. The topological polar surface area (TPSA) is 62.6 Å². The molecule has 2 aromatic rings. The Bertz CT molecular complexity index is 732.